The molecule has 1 aromatic heterocycles. The number of morpholine rings is 1. The van der Waals surface area contributed by atoms with E-state index in [0.717, 1.165) is 56.2 Å². The molecule has 1 atom stereocenters. The summed E-state index contributed by atoms with van der Waals surface area (Å²) in [7, 11) is -0.131. The summed E-state index contributed by atoms with van der Waals surface area (Å²) in [5.74, 6) is 4.20. The fourth-order valence-corrected chi connectivity index (χ4v) is 6.38. The van der Waals surface area contributed by atoms with Crippen LogP contribution in [0.25, 0.3) is 11.3 Å². The molecule has 0 bridgehead atoms. The third kappa shape index (κ3) is 8.51. The highest BCUT2D eigenvalue weighted by Gasteiger charge is 2.21. The van der Waals surface area contributed by atoms with Gasteiger partial charge in [0.2, 0.25) is 0 Å². The van der Waals surface area contributed by atoms with E-state index in [1.165, 1.54) is 22.5 Å². The largest absolute Gasteiger partial charge is 0.379 e. The van der Waals surface area contributed by atoms with Crippen LogP contribution < -0.4 is 10.0 Å². The van der Waals surface area contributed by atoms with Gasteiger partial charge in [0.05, 0.1) is 18.9 Å². The van der Waals surface area contributed by atoms with E-state index in [-0.39, 0.29) is 22.6 Å². The van der Waals surface area contributed by atoms with E-state index in [0.29, 0.717) is 18.2 Å². The molecule has 7 nitrogen and oxygen atoms in total. The zero-order chi connectivity index (χ0) is 29.1. The third-order valence-corrected chi connectivity index (χ3v) is 8.70. The summed E-state index contributed by atoms with van der Waals surface area (Å²) in [6.07, 6.45) is 2.86. The van der Waals surface area contributed by atoms with E-state index in [1.807, 2.05) is 52.9 Å². The van der Waals surface area contributed by atoms with Gasteiger partial charge in [0.15, 0.2) is 5.13 Å². The maximum absolute atomic E-state index is 13.7. The summed E-state index contributed by atoms with van der Waals surface area (Å²) < 4.78 is 8.85. The lowest BCUT2D eigenvalue weighted by Crippen LogP contribution is -2.44. The van der Waals surface area contributed by atoms with Gasteiger partial charge in [0.25, 0.3) is 0 Å². The molecule has 1 fully saturated rings. The lowest BCUT2D eigenvalue weighted by Gasteiger charge is -2.31. The molecule has 0 spiro atoms. The summed E-state index contributed by atoms with van der Waals surface area (Å²) in [5.41, 5.74) is 5.40. The van der Waals surface area contributed by atoms with E-state index < -0.39 is 0 Å². The minimum Gasteiger partial charge on any atom is -0.379 e. The van der Waals surface area contributed by atoms with Crippen LogP contribution in [0.1, 0.15) is 23.5 Å². The SMILES string of the molecule is C=S(C)Nc1ccc(-c2csc(NC(=O)N(CCC(c3ccccc3)c3ccccc3)CCN3CCOCC3)n2)cc1. The first-order valence-corrected chi connectivity index (χ1v) is 17.0. The molecule has 2 heterocycles. The predicted octanol–water partition coefficient (Wildman–Crippen LogP) is 6.86. The molecule has 0 radical (unpaired) electrons. The molecular formula is C33H39N5O2S2. The molecule has 1 unspecified atom stereocenters. The second kappa shape index (κ2) is 15.1. The van der Waals surface area contributed by atoms with E-state index in [9.17, 15) is 4.79 Å². The lowest BCUT2D eigenvalue weighted by atomic mass is 9.88. The number of carbonyl (C=O) groups is 1. The second-order valence-corrected chi connectivity index (χ2v) is 12.7. The van der Waals surface area contributed by atoms with Crippen molar-refractivity contribution in [2.24, 2.45) is 0 Å². The number of nitrogens with zero attached hydrogens (tertiary/aromatic N) is 3. The molecule has 3 aromatic carbocycles. The Morgan fingerprint density at radius 2 is 1.64 bits per heavy atom. The number of benzene rings is 3. The van der Waals surface area contributed by atoms with E-state index in [4.69, 9.17) is 9.72 Å². The number of amides is 2. The predicted molar refractivity (Wildman–Crippen MR) is 179 cm³/mol. The summed E-state index contributed by atoms with van der Waals surface area (Å²) in [5, 5.41) is 5.68. The first-order valence-electron chi connectivity index (χ1n) is 14.3. The number of ether oxygens (including phenoxy) is 1. The number of aromatic nitrogens is 1. The van der Waals surface area contributed by atoms with Crippen molar-refractivity contribution >= 4 is 44.7 Å². The molecule has 1 aliphatic rings. The Hall–Kier alpha value is -3.50. The van der Waals surface area contributed by atoms with Crippen LogP contribution in [0, 0.1) is 0 Å². The van der Waals surface area contributed by atoms with E-state index >= 15 is 0 Å². The molecule has 9 heteroatoms. The Kier molecular flexibility index (Phi) is 10.8. The maximum Gasteiger partial charge on any atom is 0.323 e. The van der Waals surface area contributed by atoms with Gasteiger partial charge in [0.1, 0.15) is 0 Å². The van der Waals surface area contributed by atoms with Gasteiger partial charge in [-0.15, -0.1) is 22.0 Å². The Morgan fingerprint density at radius 1 is 1.00 bits per heavy atom. The van der Waals surface area contributed by atoms with Crippen LogP contribution in [-0.4, -0.2) is 78.9 Å². The minimum atomic E-state index is -0.131. The van der Waals surface area contributed by atoms with Gasteiger partial charge in [-0.2, -0.15) is 0 Å². The zero-order valence-corrected chi connectivity index (χ0v) is 25.7. The van der Waals surface area contributed by atoms with Gasteiger partial charge in [-0.05, 0) is 35.9 Å². The summed E-state index contributed by atoms with van der Waals surface area (Å²) in [6.45, 7) is 5.35. The molecule has 5 rings (SSSR count). The highest BCUT2D eigenvalue weighted by molar-refractivity contribution is 8.14. The molecule has 4 aromatic rings. The quantitative estimate of drug-likeness (QED) is 0.174. The van der Waals surface area contributed by atoms with Crippen LogP contribution in [0.3, 0.4) is 0 Å². The molecular weight excluding hydrogens is 563 g/mol. The number of hydrogen-bond acceptors (Lipinski definition) is 6. The highest BCUT2D eigenvalue weighted by Crippen LogP contribution is 2.29. The van der Waals surface area contributed by atoms with Gasteiger partial charge >= 0.3 is 6.03 Å². The van der Waals surface area contributed by atoms with Crippen molar-refractivity contribution in [1.29, 1.82) is 0 Å². The normalized spacial score (nSPS) is 14.4. The van der Waals surface area contributed by atoms with Crippen molar-refractivity contribution in [3.05, 3.63) is 101 Å². The van der Waals surface area contributed by atoms with Crippen LogP contribution in [-0.2, 0) is 4.74 Å². The second-order valence-electron chi connectivity index (χ2n) is 10.4. The van der Waals surface area contributed by atoms with Crippen LogP contribution in [0.15, 0.2) is 90.3 Å². The number of nitrogens with one attached hydrogen (secondary N) is 2. The Bertz CT molecular complexity index is 1380. The van der Waals surface area contributed by atoms with Gasteiger partial charge in [-0.25, -0.2) is 9.78 Å². The number of hydrogen-bond donors (Lipinski definition) is 2. The summed E-state index contributed by atoms with van der Waals surface area (Å²) >= 11 is 1.45. The maximum atomic E-state index is 13.7. The van der Waals surface area contributed by atoms with E-state index in [2.05, 4.69) is 69.3 Å². The fraction of sp³-hybridized carbons (Fsp3) is 0.303. The topological polar surface area (TPSA) is 69.7 Å². The highest BCUT2D eigenvalue weighted by atomic mass is 32.2. The standard InChI is InChI=1S/C33H39N5O2S2/c1-42(2)36-29-15-13-28(14-16-29)31-25-41-32(34-31)35-33(39)38(20-19-37-21-23-40-24-22-37)18-17-30(26-9-5-3-6-10-26)27-11-7-4-8-12-27/h3-16,25,30,36H,1,17-24H2,2H3,(H,34,35,39). The van der Waals surface area contributed by atoms with Crippen molar-refractivity contribution in [2.75, 3.05) is 62.2 Å². The van der Waals surface area contributed by atoms with Gasteiger partial charge < -0.3 is 14.4 Å². The third-order valence-electron chi connectivity index (χ3n) is 7.36. The van der Waals surface area contributed by atoms with Crippen molar-refractivity contribution in [1.82, 2.24) is 14.8 Å². The number of anilines is 2. The van der Waals surface area contributed by atoms with Crippen molar-refractivity contribution in [3.8, 4) is 11.3 Å². The average molecular weight is 602 g/mol. The Morgan fingerprint density at radius 3 is 2.26 bits per heavy atom. The fourth-order valence-electron chi connectivity index (χ4n) is 5.13. The van der Waals surface area contributed by atoms with Crippen molar-refractivity contribution < 1.29 is 9.53 Å². The van der Waals surface area contributed by atoms with Crippen LogP contribution >= 0.6 is 22.0 Å². The molecule has 1 saturated heterocycles. The Balaban J connectivity index is 1.28. The summed E-state index contributed by atoms with van der Waals surface area (Å²) in [4.78, 5) is 22.7. The monoisotopic (exact) mass is 601 g/mol. The van der Waals surface area contributed by atoms with Gasteiger partial charge in [-0.1, -0.05) is 78.7 Å². The Labute approximate surface area is 255 Å². The molecule has 1 aliphatic heterocycles. The van der Waals surface area contributed by atoms with Crippen molar-refractivity contribution in [3.63, 3.8) is 0 Å². The number of thiazole rings is 1. The minimum absolute atomic E-state index is 0.117. The lowest BCUT2D eigenvalue weighted by molar-refractivity contribution is 0.0351. The number of urea groups is 1. The summed E-state index contributed by atoms with van der Waals surface area (Å²) in [6, 6.07) is 29.2. The van der Waals surface area contributed by atoms with Gasteiger partial charge in [-0.3, -0.25) is 10.2 Å². The smallest absolute Gasteiger partial charge is 0.323 e. The molecule has 0 saturated carbocycles. The zero-order valence-electron chi connectivity index (χ0n) is 24.1. The molecule has 0 aliphatic carbocycles. The average Bonchev–Trinajstić information content (AvgIpc) is 3.48. The molecule has 2 amide bonds. The number of rotatable bonds is 12. The van der Waals surface area contributed by atoms with Gasteiger partial charge in [0, 0.05) is 55.3 Å². The van der Waals surface area contributed by atoms with Crippen LogP contribution in [0.5, 0.6) is 0 Å². The van der Waals surface area contributed by atoms with Crippen molar-refractivity contribution in [2.45, 2.75) is 12.3 Å². The molecule has 42 heavy (non-hydrogen) atoms. The number of carbonyl (C=O) groups excluding carboxylic acids is 1. The molecule has 220 valence electrons. The first kappa shape index (κ1) is 30.0. The molecule has 2 N–H and O–H groups in total. The van der Waals surface area contributed by atoms with E-state index in [1.54, 1.807) is 0 Å². The van der Waals surface area contributed by atoms with Crippen LogP contribution in [0.2, 0.25) is 0 Å². The first-order chi connectivity index (χ1) is 20.5. The van der Waals surface area contributed by atoms with Crippen LogP contribution in [0.4, 0.5) is 15.6 Å².